The molecule has 0 aliphatic heterocycles. The second kappa shape index (κ2) is 7.27. The molecule has 5 nitrogen and oxygen atoms in total. The smallest absolute Gasteiger partial charge is 0.228 e. The van der Waals surface area contributed by atoms with Crippen molar-refractivity contribution >= 4 is 22.6 Å². The van der Waals surface area contributed by atoms with Crippen LogP contribution in [-0.2, 0) is 22.5 Å². The molecule has 5 heteroatoms. The fraction of sp³-hybridized carbons (Fsp3) is 0.263. The van der Waals surface area contributed by atoms with Crippen LogP contribution in [0.1, 0.15) is 11.1 Å². The molecule has 1 N–H and O–H groups in total. The van der Waals surface area contributed by atoms with E-state index in [0.29, 0.717) is 19.6 Å². The molecule has 0 bridgehead atoms. The van der Waals surface area contributed by atoms with Gasteiger partial charge in [-0.05, 0) is 36.8 Å². The summed E-state index contributed by atoms with van der Waals surface area (Å²) in [5.74, 6) is -0.0338. The molecule has 3 rings (SSSR count). The molecular weight excluding hydrogens is 302 g/mol. The van der Waals surface area contributed by atoms with Gasteiger partial charge in [0.1, 0.15) is 5.65 Å². The molecule has 24 heavy (non-hydrogen) atoms. The molecular formula is C19H21N3O2. The van der Waals surface area contributed by atoms with Crippen molar-refractivity contribution in [3.63, 3.8) is 0 Å². The summed E-state index contributed by atoms with van der Waals surface area (Å²) in [6.45, 7) is 3.34. The maximum absolute atomic E-state index is 12.4. The third-order valence-electron chi connectivity index (χ3n) is 3.94. The van der Waals surface area contributed by atoms with Gasteiger partial charge in [0.25, 0.3) is 0 Å². The standard InChI is InChI=1S/C19H21N3O2/c1-14-5-7-16(8-6-14)21-18(23)12-15-13-22(10-11-24-2)19-17(15)4-3-9-20-19/h3-9,13H,10-12H2,1-2H3,(H,21,23). The average Bonchev–Trinajstić information content (AvgIpc) is 2.93. The number of anilines is 1. The van der Waals surface area contributed by atoms with Crippen LogP contribution >= 0.6 is 0 Å². The van der Waals surface area contributed by atoms with E-state index < -0.39 is 0 Å². The molecule has 0 saturated carbocycles. The Balaban J connectivity index is 1.78. The summed E-state index contributed by atoms with van der Waals surface area (Å²) in [5.41, 5.74) is 3.83. The predicted molar refractivity (Wildman–Crippen MR) is 95.1 cm³/mol. The van der Waals surface area contributed by atoms with Gasteiger partial charge >= 0.3 is 0 Å². The summed E-state index contributed by atoms with van der Waals surface area (Å²) in [7, 11) is 1.68. The van der Waals surface area contributed by atoms with E-state index in [1.165, 1.54) is 5.56 Å². The largest absolute Gasteiger partial charge is 0.383 e. The molecule has 0 radical (unpaired) electrons. The van der Waals surface area contributed by atoms with E-state index in [2.05, 4.69) is 10.3 Å². The van der Waals surface area contributed by atoms with Gasteiger partial charge in [0.05, 0.1) is 13.0 Å². The molecule has 2 heterocycles. The van der Waals surface area contributed by atoms with E-state index in [9.17, 15) is 4.79 Å². The summed E-state index contributed by atoms with van der Waals surface area (Å²) in [6, 6.07) is 11.7. The van der Waals surface area contributed by atoms with Crippen molar-refractivity contribution in [3.8, 4) is 0 Å². The molecule has 0 unspecified atom stereocenters. The number of methoxy groups -OCH3 is 1. The molecule has 0 aliphatic rings. The Morgan fingerprint density at radius 3 is 2.79 bits per heavy atom. The van der Waals surface area contributed by atoms with Crippen LogP contribution in [-0.4, -0.2) is 29.2 Å². The predicted octanol–water partition coefficient (Wildman–Crippen LogP) is 3.17. The highest BCUT2D eigenvalue weighted by Gasteiger charge is 2.12. The number of hydrogen-bond donors (Lipinski definition) is 1. The van der Waals surface area contributed by atoms with Crippen LogP contribution in [0.25, 0.3) is 11.0 Å². The number of amides is 1. The quantitative estimate of drug-likeness (QED) is 0.758. The number of nitrogens with one attached hydrogen (secondary N) is 1. The Morgan fingerprint density at radius 1 is 1.25 bits per heavy atom. The first-order valence-corrected chi connectivity index (χ1v) is 7.95. The van der Waals surface area contributed by atoms with Crippen molar-refractivity contribution in [3.05, 3.63) is 59.9 Å². The summed E-state index contributed by atoms with van der Waals surface area (Å²) in [6.07, 6.45) is 4.07. The number of aromatic nitrogens is 2. The number of carbonyl (C=O) groups is 1. The van der Waals surface area contributed by atoms with E-state index in [1.807, 2.05) is 54.1 Å². The lowest BCUT2D eigenvalue weighted by molar-refractivity contribution is -0.115. The lowest BCUT2D eigenvalue weighted by atomic mass is 10.1. The Kier molecular flexibility index (Phi) is 4.91. The molecule has 2 aromatic heterocycles. The Morgan fingerprint density at radius 2 is 2.04 bits per heavy atom. The maximum atomic E-state index is 12.4. The van der Waals surface area contributed by atoms with Crippen LogP contribution < -0.4 is 5.32 Å². The van der Waals surface area contributed by atoms with Crippen molar-refractivity contribution in [2.75, 3.05) is 19.0 Å². The lowest BCUT2D eigenvalue weighted by Gasteiger charge is -2.05. The molecule has 0 fully saturated rings. The van der Waals surface area contributed by atoms with Crippen molar-refractivity contribution in [1.29, 1.82) is 0 Å². The number of hydrogen-bond acceptors (Lipinski definition) is 3. The van der Waals surface area contributed by atoms with Gasteiger partial charge in [0.15, 0.2) is 0 Å². The Bertz CT molecular complexity index is 837. The van der Waals surface area contributed by atoms with Crippen LogP contribution in [0.3, 0.4) is 0 Å². The highest BCUT2D eigenvalue weighted by molar-refractivity contribution is 5.95. The number of pyridine rings is 1. The third kappa shape index (κ3) is 3.63. The molecule has 0 saturated heterocycles. The van der Waals surface area contributed by atoms with Crippen LogP contribution in [0.15, 0.2) is 48.8 Å². The van der Waals surface area contributed by atoms with E-state index >= 15 is 0 Å². The normalized spacial score (nSPS) is 10.9. The van der Waals surface area contributed by atoms with E-state index in [0.717, 1.165) is 22.3 Å². The minimum absolute atomic E-state index is 0.0338. The van der Waals surface area contributed by atoms with Gasteiger partial charge in [0.2, 0.25) is 5.91 Å². The topological polar surface area (TPSA) is 56.1 Å². The van der Waals surface area contributed by atoms with Gasteiger partial charge in [-0.3, -0.25) is 4.79 Å². The first-order valence-electron chi connectivity index (χ1n) is 7.95. The van der Waals surface area contributed by atoms with Crippen LogP contribution in [0.5, 0.6) is 0 Å². The van der Waals surface area contributed by atoms with Crippen molar-refractivity contribution in [1.82, 2.24) is 9.55 Å². The molecule has 1 amide bonds. The van der Waals surface area contributed by atoms with E-state index in [1.54, 1.807) is 13.3 Å². The van der Waals surface area contributed by atoms with Crippen molar-refractivity contribution in [2.24, 2.45) is 0 Å². The minimum atomic E-state index is -0.0338. The second-order valence-electron chi connectivity index (χ2n) is 5.81. The fourth-order valence-electron chi connectivity index (χ4n) is 2.71. The number of carbonyl (C=O) groups excluding carboxylic acids is 1. The monoisotopic (exact) mass is 323 g/mol. The highest BCUT2D eigenvalue weighted by atomic mass is 16.5. The molecule has 0 atom stereocenters. The van der Waals surface area contributed by atoms with Crippen molar-refractivity contribution < 1.29 is 9.53 Å². The van der Waals surface area contributed by atoms with Crippen molar-refractivity contribution in [2.45, 2.75) is 19.9 Å². The van der Waals surface area contributed by atoms with E-state index in [4.69, 9.17) is 4.74 Å². The number of nitrogens with zero attached hydrogens (tertiary/aromatic N) is 2. The maximum Gasteiger partial charge on any atom is 0.228 e. The fourth-order valence-corrected chi connectivity index (χ4v) is 2.71. The average molecular weight is 323 g/mol. The molecule has 0 aliphatic carbocycles. The zero-order valence-corrected chi connectivity index (χ0v) is 14.0. The number of rotatable bonds is 6. The molecule has 124 valence electrons. The van der Waals surface area contributed by atoms with Crippen LogP contribution in [0.4, 0.5) is 5.69 Å². The molecule has 0 spiro atoms. The molecule has 1 aromatic carbocycles. The minimum Gasteiger partial charge on any atom is -0.383 e. The summed E-state index contributed by atoms with van der Waals surface area (Å²) < 4.78 is 7.18. The summed E-state index contributed by atoms with van der Waals surface area (Å²) >= 11 is 0. The Hall–Kier alpha value is -2.66. The first-order chi connectivity index (χ1) is 11.7. The second-order valence-corrected chi connectivity index (χ2v) is 5.81. The van der Waals surface area contributed by atoms with Gasteiger partial charge in [0, 0.05) is 37.1 Å². The Labute approximate surface area is 141 Å². The number of benzene rings is 1. The zero-order valence-electron chi connectivity index (χ0n) is 14.0. The van der Waals surface area contributed by atoms with Gasteiger partial charge in [-0.2, -0.15) is 0 Å². The van der Waals surface area contributed by atoms with E-state index in [-0.39, 0.29) is 5.91 Å². The summed E-state index contributed by atoms with van der Waals surface area (Å²) in [5, 5.41) is 3.95. The number of fused-ring (bicyclic) bond motifs is 1. The third-order valence-corrected chi connectivity index (χ3v) is 3.94. The number of ether oxygens (including phenoxy) is 1. The van der Waals surface area contributed by atoms with Gasteiger partial charge < -0.3 is 14.6 Å². The zero-order chi connectivity index (χ0) is 16.9. The SMILES string of the molecule is COCCn1cc(CC(=O)Nc2ccc(C)cc2)c2cccnc21. The van der Waals surface area contributed by atoms with Gasteiger partial charge in [-0.25, -0.2) is 4.98 Å². The molecule has 3 aromatic rings. The van der Waals surface area contributed by atoms with Crippen LogP contribution in [0.2, 0.25) is 0 Å². The first kappa shape index (κ1) is 16.2. The van der Waals surface area contributed by atoms with Gasteiger partial charge in [-0.15, -0.1) is 0 Å². The highest BCUT2D eigenvalue weighted by Crippen LogP contribution is 2.20. The lowest BCUT2D eigenvalue weighted by Crippen LogP contribution is -2.14. The van der Waals surface area contributed by atoms with Gasteiger partial charge in [-0.1, -0.05) is 17.7 Å². The number of aryl methyl sites for hydroxylation is 1. The summed E-state index contributed by atoms with van der Waals surface area (Å²) in [4.78, 5) is 16.8. The van der Waals surface area contributed by atoms with Crippen LogP contribution in [0, 0.1) is 6.92 Å².